The van der Waals surface area contributed by atoms with Crippen molar-refractivity contribution in [2.75, 3.05) is 0 Å². The normalized spacial score (nSPS) is 14.4. The van der Waals surface area contributed by atoms with E-state index in [1.165, 1.54) is 0 Å². The molecule has 0 bridgehead atoms. The predicted octanol–water partition coefficient (Wildman–Crippen LogP) is 3.02. The van der Waals surface area contributed by atoms with E-state index in [9.17, 15) is 13.2 Å². The maximum Gasteiger partial charge on any atom is 0.409 e. The van der Waals surface area contributed by atoms with E-state index in [-0.39, 0.29) is 11.6 Å². The minimum atomic E-state index is -4.49. The standard InChI is InChI=1S/C12H14F3N3/c1-7(2)11-17-9(10(16)12(13,14)15)8-5-3-4-6-18(8)11/h3-7,10H,16H2,1-2H3. The number of aromatic nitrogens is 2. The van der Waals surface area contributed by atoms with Crippen LogP contribution in [0.3, 0.4) is 0 Å². The van der Waals surface area contributed by atoms with E-state index in [2.05, 4.69) is 4.98 Å². The van der Waals surface area contributed by atoms with Gasteiger partial charge in [-0.2, -0.15) is 13.2 Å². The van der Waals surface area contributed by atoms with Gasteiger partial charge in [0, 0.05) is 12.1 Å². The molecule has 1 unspecified atom stereocenters. The minimum Gasteiger partial charge on any atom is -0.315 e. The monoisotopic (exact) mass is 257 g/mol. The molecule has 0 aliphatic rings. The van der Waals surface area contributed by atoms with Crippen molar-refractivity contribution in [3.8, 4) is 0 Å². The van der Waals surface area contributed by atoms with Crippen LogP contribution in [0.1, 0.15) is 37.3 Å². The summed E-state index contributed by atoms with van der Waals surface area (Å²) in [7, 11) is 0. The number of nitrogens with zero attached hydrogens (tertiary/aromatic N) is 2. The molecular weight excluding hydrogens is 243 g/mol. The van der Waals surface area contributed by atoms with Crippen LogP contribution in [0.25, 0.3) is 5.52 Å². The molecule has 0 saturated carbocycles. The first kappa shape index (κ1) is 12.9. The van der Waals surface area contributed by atoms with E-state index in [1.807, 2.05) is 13.8 Å². The second-order valence-corrected chi connectivity index (χ2v) is 4.49. The Kier molecular flexibility index (Phi) is 3.06. The van der Waals surface area contributed by atoms with Crippen molar-refractivity contribution in [1.82, 2.24) is 9.38 Å². The Morgan fingerprint density at radius 2 is 1.94 bits per heavy atom. The van der Waals surface area contributed by atoms with Crippen molar-refractivity contribution in [2.24, 2.45) is 5.73 Å². The van der Waals surface area contributed by atoms with Gasteiger partial charge < -0.3 is 10.1 Å². The summed E-state index contributed by atoms with van der Waals surface area (Å²) in [6.45, 7) is 3.76. The van der Waals surface area contributed by atoms with Crippen LogP contribution >= 0.6 is 0 Å². The van der Waals surface area contributed by atoms with Crippen LogP contribution in [0.2, 0.25) is 0 Å². The number of nitrogens with two attached hydrogens (primary N) is 1. The zero-order valence-electron chi connectivity index (χ0n) is 10.1. The Hall–Kier alpha value is -1.56. The molecule has 98 valence electrons. The number of rotatable bonds is 2. The molecule has 0 aliphatic carbocycles. The third-order valence-electron chi connectivity index (χ3n) is 2.77. The van der Waals surface area contributed by atoms with E-state index in [0.29, 0.717) is 11.3 Å². The van der Waals surface area contributed by atoms with Crippen molar-refractivity contribution in [3.05, 3.63) is 35.9 Å². The van der Waals surface area contributed by atoms with Gasteiger partial charge >= 0.3 is 6.18 Å². The predicted molar refractivity (Wildman–Crippen MR) is 62.3 cm³/mol. The second kappa shape index (κ2) is 4.28. The highest BCUT2D eigenvalue weighted by Gasteiger charge is 2.40. The summed E-state index contributed by atoms with van der Waals surface area (Å²) < 4.78 is 39.8. The summed E-state index contributed by atoms with van der Waals surface area (Å²) in [6.07, 6.45) is -2.79. The van der Waals surface area contributed by atoms with Gasteiger partial charge in [-0.3, -0.25) is 0 Å². The molecule has 2 heterocycles. The van der Waals surface area contributed by atoms with E-state index in [4.69, 9.17) is 5.73 Å². The molecule has 0 amide bonds. The van der Waals surface area contributed by atoms with Gasteiger partial charge in [0.15, 0.2) is 0 Å². The van der Waals surface area contributed by atoms with Gasteiger partial charge in [-0.25, -0.2) is 4.98 Å². The average molecular weight is 257 g/mol. The topological polar surface area (TPSA) is 43.3 Å². The van der Waals surface area contributed by atoms with Gasteiger partial charge in [0.2, 0.25) is 0 Å². The molecule has 2 aromatic rings. The largest absolute Gasteiger partial charge is 0.409 e. The molecule has 6 heteroatoms. The number of hydrogen-bond donors (Lipinski definition) is 1. The molecule has 1 atom stereocenters. The molecule has 0 fully saturated rings. The number of alkyl halides is 3. The summed E-state index contributed by atoms with van der Waals surface area (Å²) in [5, 5.41) is 0. The highest BCUT2D eigenvalue weighted by molar-refractivity contribution is 5.55. The maximum atomic E-state index is 12.7. The summed E-state index contributed by atoms with van der Waals surface area (Å²) in [5.74, 6) is 0.606. The highest BCUT2D eigenvalue weighted by Crippen LogP contribution is 2.33. The number of hydrogen-bond acceptors (Lipinski definition) is 2. The number of fused-ring (bicyclic) bond motifs is 1. The highest BCUT2D eigenvalue weighted by atomic mass is 19.4. The molecular formula is C12H14F3N3. The Balaban J connectivity index is 2.65. The van der Waals surface area contributed by atoms with Crippen LogP contribution < -0.4 is 5.73 Å². The fraction of sp³-hybridized carbons (Fsp3) is 0.417. The van der Waals surface area contributed by atoms with Crippen molar-refractivity contribution in [2.45, 2.75) is 32.0 Å². The van der Waals surface area contributed by atoms with Crippen LogP contribution in [0.15, 0.2) is 24.4 Å². The fourth-order valence-corrected chi connectivity index (χ4v) is 1.88. The van der Waals surface area contributed by atoms with Crippen LogP contribution in [0.4, 0.5) is 13.2 Å². The third kappa shape index (κ3) is 2.08. The Labute approximate surface area is 102 Å². The summed E-state index contributed by atoms with van der Waals surface area (Å²) >= 11 is 0. The van der Waals surface area contributed by atoms with Crippen molar-refractivity contribution < 1.29 is 13.2 Å². The SMILES string of the molecule is CC(C)c1nc(C(N)C(F)(F)F)c2ccccn12. The first-order valence-electron chi connectivity index (χ1n) is 5.61. The molecule has 18 heavy (non-hydrogen) atoms. The lowest BCUT2D eigenvalue weighted by Crippen LogP contribution is -2.29. The van der Waals surface area contributed by atoms with Crippen molar-refractivity contribution in [3.63, 3.8) is 0 Å². The van der Waals surface area contributed by atoms with Crippen molar-refractivity contribution in [1.29, 1.82) is 0 Å². The van der Waals surface area contributed by atoms with E-state index >= 15 is 0 Å². The van der Waals surface area contributed by atoms with Crippen LogP contribution in [0.5, 0.6) is 0 Å². The number of imidazole rings is 1. The van der Waals surface area contributed by atoms with E-state index in [0.717, 1.165) is 0 Å². The second-order valence-electron chi connectivity index (χ2n) is 4.49. The molecule has 0 aromatic carbocycles. The maximum absolute atomic E-state index is 12.7. The molecule has 0 saturated heterocycles. The summed E-state index contributed by atoms with van der Waals surface area (Å²) in [5.41, 5.74) is 5.54. The zero-order chi connectivity index (χ0) is 13.5. The average Bonchev–Trinajstić information content (AvgIpc) is 2.66. The van der Waals surface area contributed by atoms with Gasteiger partial charge in [0.1, 0.15) is 11.9 Å². The molecule has 3 nitrogen and oxygen atoms in total. The molecule has 0 aliphatic heterocycles. The molecule has 0 radical (unpaired) electrons. The lowest BCUT2D eigenvalue weighted by atomic mass is 10.2. The van der Waals surface area contributed by atoms with Gasteiger partial charge in [0.05, 0.1) is 11.2 Å². The molecule has 2 aromatic heterocycles. The Bertz CT molecular complexity index is 557. The van der Waals surface area contributed by atoms with E-state index in [1.54, 1.807) is 28.8 Å². The van der Waals surface area contributed by atoms with Gasteiger partial charge in [0.25, 0.3) is 0 Å². The van der Waals surface area contributed by atoms with Gasteiger partial charge in [-0.05, 0) is 12.1 Å². The summed E-state index contributed by atoms with van der Waals surface area (Å²) in [6, 6.07) is 2.97. The molecule has 2 N–H and O–H groups in total. The fourth-order valence-electron chi connectivity index (χ4n) is 1.88. The smallest absolute Gasteiger partial charge is 0.315 e. The summed E-state index contributed by atoms with van der Waals surface area (Å²) in [4.78, 5) is 4.07. The van der Waals surface area contributed by atoms with E-state index < -0.39 is 12.2 Å². The van der Waals surface area contributed by atoms with Crippen LogP contribution in [0, 0.1) is 0 Å². The minimum absolute atomic E-state index is 0.0223. The zero-order valence-corrected chi connectivity index (χ0v) is 10.1. The molecule has 0 spiro atoms. The first-order valence-corrected chi connectivity index (χ1v) is 5.61. The third-order valence-corrected chi connectivity index (χ3v) is 2.77. The lowest BCUT2D eigenvalue weighted by molar-refractivity contribution is -0.149. The first-order chi connectivity index (χ1) is 8.32. The number of pyridine rings is 1. The number of halogens is 3. The van der Waals surface area contributed by atoms with Crippen LogP contribution in [-0.2, 0) is 0 Å². The molecule has 2 rings (SSSR count). The van der Waals surface area contributed by atoms with Gasteiger partial charge in [-0.15, -0.1) is 0 Å². The van der Waals surface area contributed by atoms with Gasteiger partial charge in [-0.1, -0.05) is 19.9 Å². The lowest BCUT2D eigenvalue weighted by Gasteiger charge is -2.13. The van der Waals surface area contributed by atoms with Crippen LogP contribution in [-0.4, -0.2) is 15.6 Å². The Morgan fingerprint density at radius 3 is 2.50 bits per heavy atom. The van der Waals surface area contributed by atoms with Crippen molar-refractivity contribution >= 4 is 5.52 Å². The Morgan fingerprint density at radius 1 is 1.28 bits per heavy atom. The quantitative estimate of drug-likeness (QED) is 0.898.